The van der Waals surface area contributed by atoms with Crippen molar-refractivity contribution in [2.24, 2.45) is 5.73 Å². The number of aryl methyl sites for hydroxylation is 3. The Morgan fingerprint density at radius 1 is 1.33 bits per heavy atom. The minimum absolute atomic E-state index is 0.0310. The van der Waals surface area contributed by atoms with Crippen LogP contribution in [0.1, 0.15) is 45.5 Å². The average Bonchev–Trinajstić information content (AvgIpc) is 2.88. The Balaban J connectivity index is 2.11. The highest BCUT2D eigenvalue weighted by molar-refractivity contribution is 7.11. The third-order valence-corrected chi connectivity index (χ3v) is 4.87. The van der Waals surface area contributed by atoms with Gasteiger partial charge in [0.25, 0.3) is 0 Å². The molecule has 0 radical (unpaired) electrons. The van der Waals surface area contributed by atoms with Crippen LogP contribution >= 0.6 is 22.9 Å². The zero-order valence-electron chi connectivity index (χ0n) is 10.9. The van der Waals surface area contributed by atoms with E-state index in [1.165, 1.54) is 16.4 Å². The fourth-order valence-electron chi connectivity index (χ4n) is 1.81. The molecule has 0 spiro atoms. The summed E-state index contributed by atoms with van der Waals surface area (Å²) in [5.41, 5.74) is 8.42. The van der Waals surface area contributed by atoms with Crippen LogP contribution in [0.4, 0.5) is 0 Å². The lowest BCUT2D eigenvalue weighted by Crippen LogP contribution is -2.13. The first kappa shape index (κ1) is 13.6. The first-order chi connectivity index (χ1) is 8.61. The van der Waals surface area contributed by atoms with Crippen LogP contribution < -0.4 is 5.73 Å². The van der Waals surface area contributed by atoms with E-state index >= 15 is 0 Å². The molecule has 0 saturated carbocycles. The maximum atomic E-state index is 6.26. The molecule has 0 aliphatic rings. The van der Waals surface area contributed by atoms with Crippen LogP contribution in [0.3, 0.4) is 0 Å². The zero-order chi connectivity index (χ0) is 13.1. The first-order valence-corrected chi connectivity index (χ1v) is 7.70. The van der Waals surface area contributed by atoms with E-state index in [-0.39, 0.29) is 6.04 Å². The number of hydrogen-bond acceptors (Lipinski definition) is 6. The number of thiazole rings is 1. The third-order valence-electron chi connectivity index (χ3n) is 2.88. The lowest BCUT2D eigenvalue weighted by atomic mass is 10.1. The van der Waals surface area contributed by atoms with Crippen molar-refractivity contribution in [3.05, 3.63) is 26.1 Å². The molecule has 2 heterocycles. The molecule has 18 heavy (non-hydrogen) atoms. The second-order valence-corrected chi connectivity index (χ2v) is 6.47. The molecule has 0 aromatic carbocycles. The second kappa shape index (κ2) is 5.86. The largest absolute Gasteiger partial charge is 0.323 e. The van der Waals surface area contributed by atoms with Gasteiger partial charge in [0.1, 0.15) is 0 Å². The van der Waals surface area contributed by atoms with Gasteiger partial charge in [0.2, 0.25) is 0 Å². The van der Waals surface area contributed by atoms with Gasteiger partial charge >= 0.3 is 0 Å². The molecule has 4 nitrogen and oxygen atoms in total. The number of hydrogen-bond donors (Lipinski definition) is 1. The number of nitrogens with two attached hydrogens (primary N) is 1. The van der Waals surface area contributed by atoms with Crippen molar-refractivity contribution in [3.63, 3.8) is 0 Å². The van der Waals surface area contributed by atoms with E-state index in [1.54, 1.807) is 11.3 Å². The SMILES string of the molecule is CCCc1nnsc1C(N)Cc1nc(C)c(C)s1. The van der Waals surface area contributed by atoms with Crippen molar-refractivity contribution in [2.75, 3.05) is 0 Å². The maximum Gasteiger partial charge on any atom is 0.0950 e. The molecule has 6 heteroatoms. The lowest BCUT2D eigenvalue weighted by molar-refractivity contribution is 0.710. The fourth-order valence-corrected chi connectivity index (χ4v) is 3.50. The molecule has 0 aliphatic carbocycles. The Morgan fingerprint density at radius 2 is 2.11 bits per heavy atom. The molecule has 0 saturated heterocycles. The molecule has 0 bridgehead atoms. The Bertz CT molecular complexity index is 498. The van der Waals surface area contributed by atoms with Crippen LogP contribution in [0.5, 0.6) is 0 Å². The van der Waals surface area contributed by atoms with Gasteiger partial charge in [-0.05, 0) is 31.8 Å². The monoisotopic (exact) mass is 282 g/mol. The summed E-state index contributed by atoms with van der Waals surface area (Å²) in [6.07, 6.45) is 2.80. The quantitative estimate of drug-likeness (QED) is 0.916. The van der Waals surface area contributed by atoms with Crippen molar-refractivity contribution < 1.29 is 0 Å². The highest BCUT2D eigenvalue weighted by Gasteiger charge is 2.17. The van der Waals surface area contributed by atoms with Crippen molar-refractivity contribution in [3.8, 4) is 0 Å². The van der Waals surface area contributed by atoms with Crippen molar-refractivity contribution in [1.29, 1.82) is 0 Å². The van der Waals surface area contributed by atoms with Gasteiger partial charge < -0.3 is 5.73 Å². The Morgan fingerprint density at radius 3 is 2.72 bits per heavy atom. The summed E-state index contributed by atoms with van der Waals surface area (Å²) < 4.78 is 4.02. The zero-order valence-corrected chi connectivity index (χ0v) is 12.6. The van der Waals surface area contributed by atoms with Gasteiger partial charge in [-0.15, -0.1) is 16.4 Å². The van der Waals surface area contributed by atoms with E-state index in [0.717, 1.165) is 40.5 Å². The predicted molar refractivity (Wildman–Crippen MR) is 76.1 cm³/mol. The molecule has 2 N–H and O–H groups in total. The molecule has 0 aliphatic heterocycles. The summed E-state index contributed by atoms with van der Waals surface area (Å²) in [4.78, 5) is 6.92. The van der Waals surface area contributed by atoms with E-state index in [2.05, 4.69) is 28.4 Å². The van der Waals surface area contributed by atoms with Gasteiger partial charge in [0.05, 0.1) is 21.3 Å². The van der Waals surface area contributed by atoms with E-state index in [9.17, 15) is 0 Å². The molecule has 98 valence electrons. The summed E-state index contributed by atoms with van der Waals surface area (Å²) in [5, 5.41) is 5.27. The van der Waals surface area contributed by atoms with Gasteiger partial charge in [-0.25, -0.2) is 4.98 Å². The average molecular weight is 282 g/mol. The smallest absolute Gasteiger partial charge is 0.0950 e. The van der Waals surface area contributed by atoms with Crippen molar-refractivity contribution in [1.82, 2.24) is 14.6 Å². The van der Waals surface area contributed by atoms with Crippen LogP contribution in [-0.4, -0.2) is 14.6 Å². The number of aromatic nitrogens is 3. The predicted octanol–water partition coefficient (Wildman–Crippen LogP) is 2.81. The van der Waals surface area contributed by atoms with E-state index in [0.29, 0.717) is 0 Å². The van der Waals surface area contributed by atoms with Crippen LogP contribution in [0.2, 0.25) is 0 Å². The fraction of sp³-hybridized carbons (Fsp3) is 0.583. The number of rotatable bonds is 5. The van der Waals surface area contributed by atoms with Crippen LogP contribution in [0, 0.1) is 13.8 Å². The lowest BCUT2D eigenvalue weighted by Gasteiger charge is -2.08. The van der Waals surface area contributed by atoms with Gasteiger partial charge in [0.15, 0.2) is 0 Å². The standard InChI is InChI=1S/C12H18N4S2/c1-4-5-10-12(18-16-15-10)9(13)6-11-14-7(2)8(3)17-11/h9H,4-6,13H2,1-3H3. The molecule has 1 atom stereocenters. The van der Waals surface area contributed by atoms with Crippen molar-refractivity contribution in [2.45, 2.75) is 46.1 Å². The van der Waals surface area contributed by atoms with Crippen LogP contribution in [0.25, 0.3) is 0 Å². The Kier molecular flexibility index (Phi) is 4.42. The molecule has 2 rings (SSSR count). The van der Waals surface area contributed by atoms with Crippen LogP contribution in [0.15, 0.2) is 0 Å². The Labute approximate surface area is 115 Å². The van der Waals surface area contributed by atoms with Gasteiger partial charge in [0, 0.05) is 17.3 Å². The normalized spacial score (nSPS) is 12.9. The summed E-state index contributed by atoms with van der Waals surface area (Å²) in [5.74, 6) is 0. The van der Waals surface area contributed by atoms with Gasteiger partial charge in [-0.1, -0.05) is 17.8 Å². The summed E-state index contributed by atoms with van der Waals surface area (Å²) in [6, 6.07) is -0.0310. The summed E-state index contributed by atoms with van der Waals surface area (Å²) in [7, 11) is 0. The highest BCUT2D eigenvalue weighted by atomic mass is 32.1. The third kappa shape index (κ3) is 2.93. The van der Waals surface area contributed by atoms with Crippen molar-refractivity contribution >= 4 is 22.9 Å². The second-order valence-electron chi connectivity index (χ2n) is 4.39. The molecular weight excluding hydrogens is 264 g/mol. The highest BCUT2D eigenvalue weighted by Crippen LogP contribution is 2.25. The maximum absolute atomic E-state index is 6.26. The number of nitrogens with zero attached hydrogens (tertiary/aromatic N) is 3. The molecule has 0 amide bonds. The summed E-state index contributed by atoms with van der Waals surface area (Å²) in [6.45, 7) is 6.28. The minimum atomic E-state index is -0.0310. The molecular formula is C12H18N4S2. The first-order valence-electron chi connectivity index (χ1n) is 6.11. The van der Waals surface area contributed by atoms with Crippen LogP contribution in [-0.2, 0) is 12.8 Å². The van der Waals surface area contributed by atoms with Gasteiger partial charge in [-0.2, -0.15) is 0 Å². The van der Waals surface area contributed by atoms with Gasteiger partial charge in [-0.3, -0.25) is 0 Å². The van der Waals surface area contributed by atoms with E-state index < -0.39 is 0 Å². The molecule has 1 unspecified atom stereocenters. The minimum Gasteiger partial charge on any atom is -0.323 e. The summed E-state index contributed by atoms with van der Waals surface area (Å²) >= 11 is 3.15. The Hall–Kier alpha value is -0.850. The van der Waals surface area contributed by atoms with E-state index in [4.69, 9.17) is 5.73 Å². The molecule has 0 fully saturated rings. The van der Waals surface area contributed by atoms with E-state index in [1.807, 2.05) is 6.92 Å². The topological polar surface area (TPSA) is 64.7 Å². The molecule has 2 aromatic rings. The molecule has 2 aromatic heterocycles.